The van der Waals surface area contributed by atoms with Crippen molar-refractivity contribution in [3.8, 4) is 0 Å². The Morgan fingerprint density at radius 3 is 2.41 bits per heavy atom. The Hall–Kier alpha value is -0.420. The molecule has 6 heteroatoms. The summed E-state index contributed by atoms with van der Waals surface area (Å²) in [6.07, 6.45) is 1.79. The second-order valence-electron chi connectivity index (χ2n) is 5.49. The summed E-state index contributed by atoms with van der Waals surface area (Å²) in [6, 6.07) is 0.296. The van der Waals surface area contributed by atoms with Gasteiger partial charge in [0.05, 0.1) is 0 Å². The Morgan fingerprint density at radius 1 is 1.29 bits per heavy atom. The first-order chi connectivity index (χ1) is 7.89. The molecule has 0 saturated carbocycles. The predicted molar refractivity (Wildman–Crippen MR) is 69.9 cm³/mol. The van der Waals surface area contributed by atoms with Crippen LogP contribution in [0.4, 0.5) is 0 Å². The van der Waals surface area contributed by atoms with Crippen molar-refractivity contribution in [3.05, 3.63) is 11.1 Å². The molecule has 0 N–H and O–H groups in total. The highest BCUT2D eigenvalue weighted by molar-refractivity contribution is 7.85. The normalized spacial score (nSPS) is 26.1. The van der Waals surface area contributed by atoms with Gasteiger partial charge in [-0.3, -0.25) is 8.78 Å². The molecular weight excluding hydrogens is 258 g/mol. The maximum absolute atomic E-state index is 11.4. The van der Waals surface area contributed by atoms with Crippen molar-refractivity contribution >= 4 is 22.4 Å². The molecule has 0 radical (unpaired) electrons. The Bertz CT molecular complexity index is 428. The summed E-state index contributed by atoms with van der Waals surface area (Å²) in [6.45, 7) is 6.31. The van der Waals surface area contributed by atoms with Crippen LogP contribution < -0.4 is 0 Å². The van der Waals surface area contributed by atoms with E-state index in [2.05, 4.69) is 31.0 Å². The first-order valence-corrected chi connectivity index (χ1v) is 7.72. The average Bonchev–Trinajstić information content (AvgIpc) is 2.61. The minimum absolute atomic E-state index is 0.0727. The third-order valence-corrected chi connectivity index (χ3v) is 4.69. The van der Waals surface area contributed by atoms with Crippen LogP contribution in [0.3, 0.4) is 0 Å². The van der Waals surface area contributed by atoms with Gasteiger partial charge in [0, 0.05) is 33.8 Å². The molecular formula is C11H18ClN3OS. The van der Waals surface area contributed by atoms with Gasteiger partial charge in [-0.15, -0.1) is 10.2 Å². The molecule has 0 unspecified atom stereocenters. The second-order valence-corrected chi connectivity index (χ2v) is 7.53. The number of aromatic nitrogens is 3. The third kappa shape index (κ3) is 2.71. The molecule has 0 aliphatic carbocycles. The zero-order chi connectivity index (χ0) is 12.6. The van der Waals surface area contributed by atoms with Crippen LogP contribution in [0, 0.1) is 0 Å². The largest absolute Gasteiger partial charge is 0.298 e. The van der Waals surface area contributed by atoms with Gasteiger partial charge in [-0.1, -0.05) is 20.8 Å². The molecule has 1 fully saturated rings. The summed E-state index contributed by atoms with van der Waals surface area (Å²) in [7, 11) is -0.654. The molecule has 0 atom stereocenters. The molecule has 1 aromatic rings. The molecule has 96 valence electrons. The fourth-order valence-electron chi connectivity index (χ4n) is 2.15. The quantitative estimate of drug-likeness (QED) is 0.790. The highest BCUT2D eigenvalue weighted by Gasteiger charge is 2.29. The van der Waals surface area contributed by atoms with E-state index in [9.17, 15) is 4.21 Å². The minimum atomic E-state index is -0.654. The molecule has 0 spiro atoms. The maximum atomic E-state index is 11.4. The SMILES string of the molecule is CC(C)(C)c1nnc(Cl)n1C1CCS(=O)CC1. The van der Waals surface area contributed by atoms with Gasteiger partial charge in [-0.25, -0.2) is 0 Å². The third-order valence-electron chi connectivity index (χ3n) is 3.05. The lowest BCUT2D eigenvalue weighted by atomic mass is 9.95. The van der Waals surface area contributed by atoms with Crippen molar-refractivity contribution in [3.63, 3.8) is 0 Å². The van der Waals surface area contributed by atoms with Gasteiger partial charge < -0.3 is 0 Å². The zero-order valence-corrected chi connectivity index (χ0v) is 12.0. The van der Waals surface area contributed by atoms with Crippen molar-refractivity contribution < 1.29 is 4.21 Å². The molecule has 1 aliphatic rings. The molecule has 17 heavy (non-hydrogen) atoms. The lowest BCUT2D eigenvalue weighted by Crippen LogP contribution is -2.27. The van der Waals surface area contributed by atoms with Crippen LogP contribution >= 0.6 is 11.6 Å². The van der Waals surface area contributed by atoms with Crippen LogP contribution in [0.2, 0.25) is 5.28 Å². The highest BCUT2D eigenvalue weighted by atomic mass is 35.5. The zero-order valence-electron chi connectivity index (χ0n) is 10.4. The van der Waals surface area contributed by atoms with Gasteiger partial charge in [-0.05, 0) is 24.4 Å². The van der Waals surface area contributed by atoms with Crippen LogP contribution in [0.15, 0.2) is 0 Å². The molecule has 0 amide bonds. The van der Waals surface area contributed by atoms with E-state index in [0.717, 1.165) is 30.2 Å². The first-order valence-electron chi connectivity index (χ1n) is 5.85. The number of halogens is 1. The summed E-state index contributed by atoms with van der Waals surface area (Å²) in [5.74, 6) is 2.42. The minimum Gasteiger partial charge on any atom is -0.298 e. The van der Waals surface area contributed by atoms with E-state index >= 15 is 0 Å². The smallest absolute Gasteiger partial charge is 0.225 e. The molecule has 1 saturated heterocycles. The van der Waals surface area contributed by atoms with E-state index in [0.29, 0.717) is 11.3 Å². The molecule has 2 heterocycles. The lowest BCUT2D eigenvalue weighted by molar-refractivity contribution is 0.408. The first kappa shape index (κ1) is 13.0. The summed E-state index contributed by atoms with van der Waals surface area (Å²) in [5.41, 5.74) is -0.0727. The van der Waals surface area contributed by atoms with Gasteiger partial charge in [0.15, 0.2) is 0 Å². The van der Waals surface area contributed by atoms with E-state index in [4.69, 9.17) is 11.6 Å². The fourth-order valence-corrected chi connectivity index (χ4v) is 3.68. The fraction of sp³-hybridized carbons (Fsp3) is 0.818. The summed E-state index contributed by atoms with van der Waals surface area (Å²) in [4.78, 5) is 0. The van der Waals surface area contributed by atoms with Crippen molar-refractivity contribution in [1.82, 2.24) is 14.8 Å². The number of rotatable bonds is 1. The van der Waals surface area contributed by atoms with Crippen LogP contribution in [0.1, 0.15) is 45.5 Å². The van der Waals surface area contributed by atoms with Crippen molar-refractivity contribution in [1.29, 1.82) is 0 Å². The number of hydrogen-bond acceptors (Lipinski definition) is 3. The van der Waals surface area contributed by atoms with E-state index in [1.807, 2.05) is 4.57 Å². The molecule has 4 nitrogen and oxygen atoms in total. The van der Waals surface area contributed by atoms with Gasteiger partial charge in [0.1, 0.15) is 5.82 Å². The predicted octanol–water partition coefficient (Wildman–Crippen LogP) is 2.31. The van der Waals surface area contributed by atoms with E-state index in [1.54, 1.807) is 0 Å². The van der Waals surface area contributed by atoms with Gasteiger partial charge in [-0.2, -0.15) is 0 Å². The average molecular weight is 276 g/mol. The van der Waals surface area contributed by atoms with Gasteiger partial charge in [0.25, 0.3) is 0 Å². The Balaban J connectivity index is 2.31. The molecule has 1 aliphatic heterocycles. The van der Waals surface area contributed by atoms with Gasteiger partial charge >= 0.3 is 0 Å². The molecule has 0 aromatic carbocycles. The lowest BCUT2D eigenvalue weighted by Gasteiger charge is -2.28. The number of hydrogen-bond donors (Lipinski definition) is 0. The Kier molecular flexibility index (Phi) is 3.59. The van der Waals surface area contributed by atoms with Gasteiger partial charge in [0.2, 0.25) is 5.28 Å². The van der Waals surface area contributed by atoms with Crippen LogP contribution in [0.5, 0.6) is 0 Å². The standard InChI is InChI=1S/C11H18ClN3OS/c1-11(2,3)9-13-14-10(12)15(9)8-4-6-17(16)7-5-8/h8H,4-7H2,1-3H3. The topological polar surface area (TPSA) is 47.8 Å². The summed E-state index contributed by atoms with van der Waals surface area (Å²) < 4.78 is 13.4. The number of nitrogens with zero attached hydrogens (tertiary/aromatic N) is 3. The Labute approximate surface area is 109 Å². The highest BCUT2D eigenvalue weighted by Crippen LogP contribution is 2.31. The summed E-state index contributed by atoms with van der Waals surface area (Å²) in [5, 5.41) is 8.62. The maximum Gasteiger partial charge on any atom is 0.225 e. The van der Waals surface area contributed by atoms with Crippen molar-refractivity contribution in [2.45, 2.75) is 45.1 Å². The van der Waals surface area contributed by atoms with Crippen LogP contribution in [-0.4, -0.2) is 30.5 Å². The molecule has 1 aromatic heterocycles. The van der Waals surface area contributed by atoms with Crippen LogP contribution in [-0.2, 0) is 16.2 Å². The van der Waals surface area contributed by atoms with E-state index < -0.39 is 10.8 Å². The van der Waals surface area contributed by atoms with Crippen molar-refractivity contribution in [2.75, 3.05) is 11.5 Å². The molecule has 0 bridgehead atoms. The second kappa shape index (κ2) is 4.69. The van der Waals surface area contributed by atoms with Crippen LogP contribution in [0.25, 0.3) is 0 Å². The van der Waals surface area contributed by atoms with E-state index in [1.165, 1.54) is 0 Å². The Morgan fingerprint density at radius 2 is 1.88 bits per heavy atom. The summed E-state index contributed by atoms with van der Waals surface area (Å²) >= 11 is 6.13. The molecule has 2 rings (SSSR count). The van der Waals surface area contributed by atoms with E-state index in [-0.39, 0.29) is 5.41 Å². The monoisotopic (exact) mass is 275 g/mol. The van der Waals surface area contributed by atoms with Crippen molar-refractivity contribution in [2.24, 2.45) is 0 Å².